The van der Waals surface area contributed by atoms with Crippen LogP contribution in [0.5, 0.6) is 5.88 Å². The third kappa shape index (κ3) is 5.48. The maximum atomic E-state index is 12.7. The first-order valence-corrected chi connectivity index (χ1v) is 9.79. The van der Waals surface area contributed by atoms with E-state index in [4.69, 9.17) is 9.47 Å². The van der Waals surface area contributed by atoms with E-state index >= 15 is 0 Å². The molecular weight excluding hydrogens is 402 g/mol. The molecule has 0 spiro atoms. The summed E-state index contributed by atoms with van der Waals surface area (Å²) in [6.07, 6.45) is 0. The summed E-state index contributed by atoms with van der Waals surface area (Å²) in [6.45, 7) is 3.55. The van der Waals surface area contributed by atoms with Gasteiger partial charge in [0.25, 0.3) is 0 Å². The summed E-state index contributed by atoms with van der Waals surface area (Å²) in [5.74, 6) is 0.509. The highest BCUT2D eigenvalue weighted by Gasteiger charge is 2.30. The Bertz CT molecular complexity index is 1020. The third-order valence-corrected chi connectivity index (χ3v) is 4.62. The van der Waals surface area contributed by atoms with Crippen LogP contribution in [0.2, 0.25) is 0 Å². The van der Waals surface area contributed by atoms with Crippen LogP contribution in [-0.4, -0.2) is 57.4 Å². The lowest BCUT2D eigenvalue weighted by Crippen LogP contribution is -2.44. The second-order valence-corrected chi connectivity index (χ2v) is 7.50. The molecular formula is C21H27N5O5. The van der Waals surface area contributed by atoms with Gasteiger partial charge >= 0.3 is 6.03 Å². The molecule has 0 unspecified atom stereocenters. The van der Waals surface area contributed by atoms with Crippen molar-refractivity contribution in [2.75, 3.05) is 25.6 Å². The Morgan fingerprint density at radius 2 is 2.00 bits per heavy atom. The lowest BCUT2D eigenvalue weighted by atomic mass is 9.92. The van der Waals surface area contributed by atoms with E-state index in [0.29, 0.717) is 35.7 Å². The highest BCUT2D eigenvalue weighted by Crippen LogP contribution is 2.28. The second-order valence-electron chi connectivity index (χ2n) is 7.50. The molecule has 0 saturated heterocycles. The Morgan fingerprint density at radius 3 is 2.65 bits per heavy atom. The number of hydrogen-bond acceptors (Lipinski definition) is 7. The van der Waals surface area contributed by atoms with Crippen molar-refractivity contribution in [3.63, 3.8) is 0 Å². The highest BCUT2D eigenvalue weighted by atomic mass is 16.5. The fourth-order valence-electron chi connectivity index (χ4n) is 3.19. The summed E-state index contributed by atoms with van der Waals surface area (Å²) in [7, 11) is 1.57. The average Bonchev–Trinajstić information content (AvgIpc) is 3.14. The number of aromatic amines is 1. The molecule has 0 aliphatic heterocycles. The van der Waals surface area contributed by atoms with Crippen LogP contribution in [0.15, 0.2) is 36.4 Å². The van der Waals surface area contributed by atoms with Crippen LogP contribution in [-0.2, 0) is 11.3 Å². The Morgan fingerprint density at radius 1 is 1.26 bits per heavy atom. The minimum absolute atomic E-state index is 0.212. The number of ether oxygens (including phenoxy) is 2. The molecule has 0 fully saturated rings. The molecule has 5 N–H and O–H groups in total. The SMILES string of the molecule is COCCOc1n[nH]c2cc(NC(=O)N[C@@H](c3ccccc3)C(C)(C)O)nc(CO)c12. The minimum atomic E-state index is -1.20. The summed E-state index contributed by atoms with van der Waals surface area (Å²) in [5, 5.41) is 33.2. The predicted molar refractivity (Wildman–Crippen MR) is 115 cm³/mol. The number of anilines is 1. The van der Waals surface area contributed by atoms with E-state index in [0.717, 1.165) is 5.56 Å². The molecule has 3 rings (SSSR count). The van der Waals surface area contributed by atoms with Crippen LogP contribution in [0.25, 0.3) is 10.9 Å². The number of nitrogens with one attached hydrogen (secondary N) is 3. The van der Waals surface area contributed by atoms with E-state index in [1.54, 1.807) is 27.0 Å². The number of aliphatic hydroxyl groups is 2. The van der Waals surface area contributed by atoms with E-state index in [2.05, 4.69) is 25.8 Å². The average molecular weight is 429 g/mol. The number of pyridine rings is 1. The molecule has 1 aromatic carbocycles. The fraction of sp³-hybridized carbons (Fsp3) is 0.381. The van der Waals surface area contributed by atoms with Gasteiger partial charge in [0.2, 0.25) is 5.88 Å². The largest absolute Gasteiger partial charge is 0.474 e. The molecule has 1 atom stereocenters. The lowest BCUT2D eigenvalue weighted by molar-refractivity contribution is 0.0415. The van der Waals surface area contributed by atoms with Gasteiger partial charge in [0, 0.05) is 13.2 Å². The van der Waals surface area contributed by atoms with Crippen LogP contribution in [0.4, 0.5) is 10.6 Å². The molecule has 2 amide bonds. The first-order chi connectivity index (χ1) is 14.8. The summed E-state index contributed by atoms with van der Waals surface area (Å²) < 4.78 is 10.5. The summed E-state index contributed by atoms with van der Waals surface area (Å²) >= 11 is 0. The number of rotatable bonds is 9. The van der Waals surface area contributed by atoms with Crippen LogP contribution in [0, 0.1) is 0 Å². The monoisotopic (exact) mass is 429 g/mol. The van der Waals surface area contributed by atoms with Crippen LogP contribution >= 0.6 is 0 Å². The van der Waals surface area contributed by atoms with Gasteiger partial charge in [-0.3, -0.25) is 10.4 Å². The molecule has 3 aromatic rings. The van der Waals surface area contributed by atoms with E-state index in [9.17, 15) is 15.0 Å². The quantitative estimate of drug-likeness (QED) is 0.328. The van der Waals surface area contributed by atoms with Gasteiger partial charge in [-0.25, -0.2) is 9.78 Å². The number of urea groups is 1. The molecule has 2 heterocycles. The van der Waals surface area contributed by atoms with Crippen molar-refractivity contribution in [2.45, 2.75) is 32.1 Å². The maximum Gasteiger partial charge on any atom is 0.320 e. The minimum Gasteiger partial charge on any atom is -0.474 e. The highest BCUT2D eigenvalue weighted by molar-refractivity contribution is 5.93. The number of fused-ring (bicyclic) bond motifs is 1. The number of nitrogens with zero attached hydrogens (tertiary/aromatic N) is 2. The first kappa shape index (κ1) is 22.5. The summed E-state index contributed by atoms with van der Waals surface area (Å²) in [4.78, 5) is 17.0. The zero-order valence-electron chi connectivity index (χ0n) is 17.7. The van der Waals surface area contributed by atoms with Crippen molar-refractivity contribution in [1.29, 1.82) is 0 Å². The van der Waals surface area contributed by atoms with Crippen molar-refractivity contribution < 1.29 is 24.5 Å². The second kappa shape index (κ2) is 9.73. The lowest BCUT2D eigenvalue weighted by Gasteiger charge is -2.30. The summed E-state index contributed by atoms with van der Waals surface area (Å²) in [6, 6.07) is 9.57. The molecule has 0 radical (unpaired) electrons. The van der Waals surface area contributed by atoms with Crippen LogP contribution < -0.4 is 15.4 Å². The fourth-order valence-corrected chi connectivity index (χ4v) is 3.19. The smallest absolute Gasteiger partial charge is 0.320 e. The van der Waals surface area contributed by atoms with E-state index in [1.807, 2.05) is 30.3 Å². The number of aliphatic hydroxyl groups excluding tert-OH is 1. The van der Waals surface area contributed by atoms with Crippen molar-refractivity contribution in [1.82, 2.24) is 20.5 Å². The number of carbonyl (C=O) groups is 1. The number of aromatic nitrogens is 3. The van der Waals surface area contributed by atoms with Crippen molar-refractivity contribution in [3.8, 4) is 5.88 Å². The van der Waals surface area contributed by atoms with Crippen LogP contribution in [0.1, 0.15) is 31.1 Å². The molecule has 166 valence electrons. The zero-order valence-corrected chi connectivity index (χ0v) is 17.7. The molecule has 0 aliphatic rings. The molecule has 31 heavy (non-hydrogen) atoms. The third-order valence-electron chi connectivity index (χ3n) is 4.62. The number of benzene rings is 1. The number of hydrogen-bond donors (Lipinski definition) is 5. The molecule has 0 aliphatic carbocycles. The van der Waals surface area contributed by atoms with E-state index in [-0.39, 0.29) is 12.4 Å². The Balaban J connectivity index is 1.80. The van der Waals surface area contributed by atoms with Gasteiger partial charge in [0.15, 0.2) is 0 Å². The van der Waals surface area contributed by atoms with Gasteiger partial charge in [0.05, 0.1) is 41.5 Å². The Kier molecular flexibility index (Phi) is 7.06. The van der Waals surface area contributed by atoms with Gasteiger partial charge < -0.3 is 25.0 Å². The molecule has 0 saturated carbocycles. The Labute approximate surface area is 179 Å². The van der Waals surface area contributed by atoms with Gasteiger partial charge in [0.1, 0.15) is 12.4 Å². The summed E-state index contributed by atoms with van der Waals surface area (Å²) in [5.41, 5.74) is 0.403. The van der Waals surface area contributed by atoms with Crippen molar-refractivity contribution in [3.05, 3.63) is 47.7 Å². The van der Waals surface area contributed by atoms with Crippen molar-refractivity contribution in [2.24, 2.45) is 0 Å². The van der Waals surface area contributed by atoms with E-state index in [1.165, 1.54) is 0 Å². The predicted octanol–water partition coefficient (Wildman–Crippen LogP) is 2.11. The normalized spacial score (nSPS) is 12.5. The number of methoxy groups -OCH3 is 1. The number of H-pyrrole nitrogens is 1. The molecule has 10 heteroatoms. The van der Waals surface area contributed by atoms with Gasteiger partial charge in [-0.1, -0.05) is 30.3 Å². The topological polar surface area (TPSA) is 142 Å². The first-order valence-electron chi connectivity index (χ1n) is 9.79. The number of amides is 2. The molecule has 0 bridgehead atoms. The zero-order chi connectivity index (χ0) is 22.4. The maximum absolute atomic E-state index is 12.7. The molecule has 10 nitrogen and oxygen atoms in total. The van der Waals surface area contributed by atoms with E-state index < -0.39 is 17.7 Å². The standard InChI is InChI=1S/C21H27N5O5/c1-21(2,29)18(13-7-5-4-6-8-13)24-20(28)23-16-11-14-17(15(12-27)22-16)19(26-25-14)31-10-9-30-3/h4-8,11,18,27,29H,9-10,12H2,1-3H3,(H,25,26)(H2,22,23,24,28)/t18-/m0/s1. The Hall–Kier alpha value is -3.21. The van der Waals surface area contributed by atoms with Gasteiger partial charge in [-0.2, -0.15) is 0 Å². The number of carbonyl (C=O) groups excluding carboxylic acids is 1. The van der Waals surface area contributed by atoms with Gasteiger partial charge in [-0.15, -0.1) is 5.10 Å². The van der Waals surface area contributed by atoms with Gasteiger partial charge in [-0.05, 0) is 19.4 Å². The molecule has 2 aromatic heterocycles. The van der Waals surface area contributed by atoms with Crippen molar-refractivity contribution >= 4 is 22.8 Å². The van der Waals surface area contributed by atoms with Crippen LogP contribution in [0.3, 0.4) is 0 Å².